The first-order chi connectivity index (χ1) is 5.02. The summed E-state index contributed by atoms with van der Waals surface area (Å²) in [4.78, 5) is 0. The van der Waals surface area contributed by atoms with E-state index in [1.165, 1.54) is 19.3 Å². The Hall–Kier alpha value is -0.0800. The third-order valence-electron chi connectivity index (χ3n) is 3.34. The van der Waals surface area contributed by atoms with Crippen molar-refractivity contribution in [3.63, 3.8) is 0 Å². The van der Waals surface area contributed by atoms with Crippen LogP contribution in [0.25, 0.3) is 0 Å². The number of hydrogen-bond acceptors (Lipinski definition) is 2. The average Bonchev–Trinajstić information content (AvgIpc) is 1.49. The Morgan fingerprint density at radius 1 is 1.36 bits per heavy atom. The number of nitrogens with two attached hydrogens (primary N) is 1. The van der Waals surface area contributed by atoms with Crippen molar-refractivity contribution in [1.29, 1.82) is 0 Å². The van der Waals surface area contributed by atoms with Gasteiger partial charge in [0.1, 0.15) is 0 Å². The third kappa shape index (κ3) is 1.09. The molecule has 0 spiro atoms. The fourth-order valence-electron chi connectivity index (χ4n) is 2.64. The van der Waals surface area contributed by atoms with Gasteiger partial charge in [0.15, 0.2) is 0 Å². The Balaban J connectivity index is 1.94. The summed E-state index contributed by atoms with van der Waals surface area (Å²) in [5.74, 6) is 0.711. The predicted molar refractivity (Wildman–Crippen MR) is 44.1 cm³/mol. The van der Waals surface area contributed by atoms with Gasteiger partial charge in [-0.1, -0.05) is 6.42 Å². The molecule has 2 rings (SSSR count). The van der Waals surface area contributed by atoms with Gasteiger partial charge in [-0.3, -0.25) is 0 Å². The summed E-state index contributed by atoms with van der Waals surface area (Å²) in [7, 11) is 0. The number of rotatable bonds is 1. The van der Waals surface area contributed by atoms with E-state index in [1.807, 2.05) is 6.92 Å². The van der Waals surface area contributed by atoms with Crippen molar-refractivity contribution < 1.29 is 5.11 Å². The first-order valence-electron chi connectivity index (χ1n) is 4.53. The normalized spacial score (nSPS) is 51.5. The van der Waals surface area contributed by atoms with Crippen molar-refractivity contribution in [2.24, 2.45) is 11.7 Å². The van der Waals surface area contributed by atoms with Gasteiger partial charge in [0, 0.05) is 5.54 Å². The van der Waals surface area contributed by atoms with Crippen molar-refractivity contribution in [3.05, 3.63) is 0 Å². The molecule has 2 fully saturated rings. The van der Waals surface area contributed by atoms with Crippen LogP contribution >= 0.6 is 0 Å². The monoisotopic (exact) mass is 155 g/mol. The summed E-state index contributed by atoms with van der Waals surface area (Å²) in [6, 6.07) is 0. The molecule has 64 valence electrons. The molecule has 0 amide bonds. The zero-order chi connectivity index (χ0) is 8.11. The number of aliphatic hydroxyl groups is 1. The van der Waals surface area contributed by atoms with Crippen LogP contribution in [-0.2, 0) is 0 Å². The third-order valence-corrected chi connectivity index (χ3v) is 3.34. The lowest BCUT2D eigenvalue weighted by atomic mass is 9.56. The van der Waals surface area contributed by atoms with Crippen LogP contribution in [0.3, 0.4) is 0 Å². The van der Waals surface area contributed by atoms with Crippen LogP contribution in [0.4, 0.5) is 0 Å². The van der Waals surface area contributed by atoms with Gasteiger partial charge in [0.2, 0.25) is 0 Å². The lowest BCUT2D eigenvalue weighted by Crippen LogP contribution is -2.65. The summed E-state index contributed by atoms with van der Waals surface area (Å²) in [6.45, 7) is 1.89. The molecule has 2 saturated carbocycles. The second kappa shape index (κ2) is 1.99. The first-order valence-corrected chi connectivity index (χ1v) is 4.53. The van der Waals surface area contributed by atoms with Crippen LogP contribution in [-0.4, -0.2) is 16.2 Å². The second-order valence-electron chi connectivity index (χ2n) is 4.71. The maximum atomic E-state index is 9.54. The molecule has 0 saturated heterocycles. The molecule has 11 heavy (non-hydrogen) atoms. The zero-order valence-corrected chi connectivity index (χ0v) is 7.14. The van der Waals surface area contributed by atoms with Gasteiger partial charge >= 0.3 is 0 Å². The molecular formula is C9H17NO. The maximum absolute atomic E-state index is 9.54. The van der Waals surface area contributed by atoms with Gasteiger partial charge in [0.05, 0.1) is 5.60 Å². The molecule has 0 aromatic rings. The van der Waals surface area contributed by atoms with E-state index < -0.39 is 5.60 Å². The Kier molecular flexibility index (Phi) is 1.37. The SMILES string of the molecule is CC1(O)CC(N)(C2CCC2)C1. The minimum absolute atomic E-state index is 0.00174. The lowest BCUT2D eigenvalue weighted by molar-refractivity contribution is -0.104. The van der Waals surface area contributed by atoms with E-state index in [2.05, 4.69) is 0 Å². The van der Waals surface area contributed by atoms with Gasteiger partial charge in [-0.2, -0.15) is 0 Å². The van der Waals surface area contributed by atoms with Gasteiger partial charge in [-0.25, -0.2) is 0 Å². The minimum atomic E-state index is -0.454. The van der Waals surface area contributed by atoms with Crippen molar-refractivity contribution >= 4 is 0 Å². The molecule has 0 radical (unpaired) electrons. The molecule has 2 aliphatic carbocycles. The van der Waals surface area contributed by atoms with Crippen molar-refractivity contribution in [2.75, 3.05) is 0 Å². The molecule has 3 N–H and O–H groups in total. The molecule has 0 aliphatic heterocycles. The second-order valence-corrected chi connectivity index (χ2v) is 4.71. The molecule has 2 heteroatoms. The van der Waals surface area contributed by atoms with E-state index in [1.54, 1.807) is 0 Å². The standard InChI is InChI=1S/C9H17NO/c1-8(11)5-9(10,6-8)7-3-2-4-7/h7,11H,2-6,10H2,1H3. The van der Waals surface area contributed by atoms with Crippen LogP contribution < -0.4 is 5.73 Å². The van der Waals surface area contributed by atoms with Crippen molar-refractivity contribution in [1.82, 2.24) is 0 Å². The first kappa shape index (κ1) is 7.56. The van der Waals surface area contributed by atoms with Gasteiger partial charge in [-0.05, 0) is 38.5 Å². The summed E-state index contributed by atoms with van der Waals surface area (Å²) in [6.07, 6.45) is 5.53. The fourth-order valence-corrected chi connectivity index (χ4v) is 2.64. The molecule has 0 atom stereocenters. The highest BCUT2D eigenvalue weighted by Crippen LogP contribution is 2.50. The highest BCUT2D eigenvalue weighted by Gasteiger charge is 2.53. The Labute approximate surface area is 67.8 Å². The summed E-state index contributed by atoms with van der Waals surface area (Å²) in [5.41, 5.74) is 5.67. The molecule has 0 heterocycles. The largest absolute Gasteiger partial charge is 0.390 e. The highest BCUT2D eigenvalue weighted by molar-refractivity contribution is 5.10. The topological polar surface area (TPSA) is 46.2 Å². The summed E-state index contributed by atoms with van der Waals surface area (Å²) < 4.78 is 0. The molecular weight excluding hydrogens is 138 g/mol. The van der Waals surface area contributed by atoms with Crippen LogP contribution in [0.1, 0.15) is 39.0 Å². The van der Waals surface area contributed by atoms with E-state index in [4.69, 9.17) is 5.73 Å². The van der Waals surface area contributed by atoms with Crippen LogP contribution in [0.5, 0.6) is 0 Å². The maximum Gasteiger partial charge on any atom is 0.0655 e. The van der Waals surface area contributed by atoms with E-state index >= 15 is 0 Å². The van der Waals surface area contributed by atoms with Gasteiger partial charge in [-0.15, -0.1) is 0 Å². The van der Waals surface area contributed by atoms with E-state index in [9.17, 15) is 5.11 Å². The average molecular weight is 155 g/mol. The van der Waals surface area contributed by atoms with E-state index in [-0.39, 0.29) is 5.54 Å². The summed E-state index contributed by atoms with van der Waals surface area (Å²) >= 11 is 0. The quantitative estimate of drug-likeness (QED) is 0.594. The highest BCUT2D eigenvalue weighted by atomic mass is 16.3. The molecule has 2 aliphatic rings. The molecule has 2 nitrogen and oxygen atoms in total. The van der Waals surface area contributed by atoms with Crippen molar-refractivity contribution in [3.8, 4) is 0 Å². The molecule has 0 unspecified atom stereocenters. The molecule has 0 aromatic carbocycles. The Morgan fingerprint density at radius 3 is 2.18 bits per heavy atom. The van der Waals surface area contributed by atoms with E-state index in [0.29, 0.717) is 5.92 Å². The van der Waals surface area contributed by atoms with E-state index in [0.717, 1.165) is 12.8 Å². The van der Waals surface area contributed by atoms with Gasteiger partial charge in [0.25, 0.3) is 0 Å². The lowest BCUT2D eigenvalue weighted by Gasteiger charge is -2.56. The van der Waals surface area contributed by atoms with Gasteiger partial charge < -0.3 is 10.8 Å². The smallest absolute Gasteiger partial charge is 0.0655 e. The number of hydrogen-bond donors (Lipinski definition) is 2. The van der Waals surface area contributed by atoms with Crippen LogP contribution in [0.2, 0.25) is 0 Å². The zero-order valence-electron chi connectivity index (χ0n) is 7.14. The fraction of sp³-hybridized carbons (Fsp3) is 1.00. The minimum Gasteiger partial charge on any atom is -0.390 e. The Morgan fingerprint density at radius 2 is 1.91 bits per heavy atom. The molecule has 0 aromatic heterocycles. The predicted octanol–water partition coefficient (Wildman–Crippen LogP) is 1.03. The Bertz CT molecular complexity index is 164. The van der Waals surface area contributed by atoms with Crippen LogP contribution in [0.15, 0.2) is 0 Å². The van der Waals surface area contributed by atoms with Crippen molar-refractivity contribution in [2.45, 2.75) is 50.2 Å². The van der Waals surface area contributed by atoms with Crippen LogP contribution in [0, 0.1) is 5.92 Å². The molecule has 0 bridgehead atoms. The summed E-state index contributed by atoms with van der Waals surface area (Å²) in [5, 5.41) is 9.54.